The first-order valence-electron chi connectivity index (χ1n) is 7.09. The Morgan fingerprint density at radius 1 is 1.44 bits per heavy atom. The predicted octanol–water partition coefficient (Wildman–Crippen LogP) is 2.06. The van der Waals surface area contributed by atoms with Gasteiger partial charge in [0.1, 0.15) is 5.75 Å². The Morgan fingerprint density at radius 2 is 2.33 bits per heavy atom. The average Bonchev–Trinajstić information content (AvgIpc) is 2.39. The lowest BCUT2D eigenvalue weighted by Crippen LogP contribution is -2.54. The van der Waals surface area contributed by atoms with E-state index >= 15 is 0 Å². The van der Waals surface area contributed by atoms with Crippen LogP contribution in [0.15, 0.2) is 18.2 Å². The average molecular weight is 246 g/mol. The zero-order valence-electron chi connectivity index (χ0n) is 11.0. The highest BCUT2D eigenvalue weighted by Crippen LogP contribution is 2.36. The smallest absolute Gasteiger partial charge is 0.115 e. The van der Waals surface area contributed by atoms with Gasteiger partial charge in [0.25, 0.3) is 0 Å². The lowest BCUT2D eigenvalue weighted by Gasteiger charge is -2.45. The van der Waals surface area contributed by atoms with Crippen LogP contribution in [-0.2, 0) is 6.42 Å². The van der Waals surface area contributed by atoms with Crippen molar-refractivity contribution in [1.29, 1.82) is 0 Å². The number of hydrogen-bond donors (Lipinski definition) is 2. The lowest BCUT2D eigenvalue weighted by atomic mass is 9.82. The van der Waals surface area contributed by atoms with E-state index in [0.717, 1.165) is 19.5 Å². The minimum atomic E-state index is 0.392. The Hall–Kier alpha value is -1.06. The number of phenolic OH excluding ortho intramolecular Hbond substituents is 1. The summed E-state index contributed by atoms with van der Waals surface area (Å²) in [5.41, 5.74) is 2.71. The van der Waals surface area contributed by atoms with Gasteiger partial charge in [0.2, 0.25) is 0 Å². The normalized spacial score (nSPS) is 27.6. The number of aryl methyl sites for hydroxylation is 1. The second-order valence-electron chi connectivity index (χ2n) is 5.46. The first-order chi connectivity index (χ1) is 8.79. The van der Waals surface area contributed by atoms with Gasteiger partial charge in [0, 0.05) is 25.2 Å². The minimum Gasteiger partial charge on any atom is -0.508 e. The van der Waals surface area contributed by atoms with Gasteiger partial charge in [0.05, 0.1) is 0 Å². The SMILES string of the molecule is CCCN1CCNC2c3cc(O)ccc3CCC21. The zero-order chi connectivity index (χ0) is 12.5. The van der Waals surface area contributed by atoms with Crippen LogP contribution >= 0.6 is 0 Å². The van der Waals surface area contributed by atoms with Gasteiger partial charge in [-0.05, 0) is 49.1 Å². The molecule has 18 heavy (non-hydrogen) atoms. The third kappa shape index (κ3) is 2.02. The maximum atomic E-state index is 9.71. The Balaban J connectivity index is 1.91. The fourth-order valence-corrected chi connectivity index (χ4v) is 3.51. The van der Waals surface area contributed by atoms with Crippen molar-refractivity contribution in [2.24, 2.45) is 0 Å². The van der Waals surface area contributed by atoms with E-state index in [1.165, 1.54) is 30.5 Å². The summed E-state index contributed by atoms with van der Waals surface area (Å²) in [7, 11) is 0. The van der Waals surface area contributed by atoms with E-state index in [1.54, 1.807) is 0 Å². The van der Waals surface area contributed by atoms with Crippen molar-refractivity contribution in [3.8, 4) is 5.75 Å². The summed E-state index contributed by atoms with van der Waals surface area (Å²) >= 11 is 0. The number of fused-ring (bicyclic) bond motifs is 3. The standard InChI is InChI=1S/C15H22N2O/c1-2-8-17-9-7-16-15-13-10-12(18)5-3-11(13)4-6-14(15)17/h3,5,10,14-16,18H,2,4,6-9H2,1H3. The molecule has 0 amide bonds. The fourth-order valence-electron chi connectivity index (χ4n) is 3.51. The topological polar surface area (TPSA) is 35.5 Å². The van der Waals surface area contributed by atoms with Crippen LogP contribution < -0.4 is 5.32 Å². The van der Waals surface area contributed by atoms with E-state index in [9.17, 15) is 5.11 Å². The maximum absolute atomic E-state index is 9.71. The molecule has 1 aromatic carbocycles. The molecule has 2 aliphatic rings. The van der Waals surface area contributed by atoms with E-state index in [2.05, 4.69) is 23.2 Å². The number of hydrogen-bond acceptors (Lipinski definition) is 3. The van der Waals surface area contributed by atoms with Gasteiger partial charge in [-0.3, -0.25) is 4.90 Å². The third-order valence-electron chi connectivity index (χ3n) is 4.30. The van der Waals surface area contributed by atoms with Gasteiger partial charge in [0.15, 0.2) is 0 Å². The van der Waals surface area contributed by atoms with Crippen molar-refractivity contribution >= 4 is 0 Å². The Bertz CT molecular complexity index is 431. The second-order valence-corrected chi connectivity index (χ2v) is 5.46. The molecule has 1 fully saturated rings. The van der Waals surface area contributed by atoms with Gasteiger partial charge >= 0.3 is 0 Å². The number of piperazine rings is 1. The maximum Gasteiger partial charge on any atom is 0.115 e. The van der Waals surface area contributed by atoms with Crippen molar-refractivity contribution in [2.45, 2.75) is 38.3 Å². The van der Waals surface area contributed by atoms with Crippen LogP contribution in [-0.4, -0.2) is 35.7 Å². The van der Waals surface area contributed by atoms with Crippen molar-refractivity contribution in [1.82, 2.24) is 10.2 Å². The van der Waals surface area contributed by atoms with Crippen molar-refractivity contribution in [3.63, 3.8) is 0 Å². The third-order valence-corrected chi connectivity index (χ3v) is 4.30. The molecule has 2 atom stereocenters. The molecule has 98 valence electrons. The summed E-state index contributed by atoms with van der Waals surface area (Å²) in [4.78, 5) is 2.62. The van der Waals surface area contributed by atoms with Crippen LogP contribution in [0.4, 0.5) is 0 Å². The summed E-state index contributed by atoms with van der Waals surface area (Å²) in [5, 5.41) is 13.3. The van der Waals surface area contributed by atoms with Crippen molar-refractivity contribution < 1.29 is 5.11 Å². The largest absolute Gasteiger partial charge is 0.508 e. The molecular weight excluding hydrogens is 224 g/mol. The molecule has 3 rings (SSSR count). The van der Waals surface area contributed by atoms with Crippen LogP contribution in [0.1, 0.15) is 36.9 Å². The second kappa shape index (κ2) is 4.90. The van der Waals surface area contributed by atoms with E-state index in [4.69, 9.17) is 0 Å². The van der Waals surface area contributed by atoms with Gasteiger partial charge in [-0.25, -0.2) is 0 Å². The molecular formula is C15H22N2O. The summed E-state index contributed by atoms with van der Waals surface area (Å²) < 4.78 is 0. The fraction of sp³-hybridized carbons (Fsp3) is 0.600. The summed E-state index contributed by atoms with van der Waals surface area (Å²) in [6, 6.07) is 6.86. The number of nitrogens with one attached hydrogen (secondary N) is 1. The Labute approximate surface area is 109 Å². The van der Waals surface area contributed by atoms with Crippen LogP contribution in [0.3, 0.4) is 0 Å². The molecule has 1 saturated heterocycles. The molecule has 2 unspecified atom stereocenters. The van der Waals surface area contributed by atoms with Gasteiger partial charge in [-0.15, -0.1) is 0 Å². The molecule has 1 aromatic rings. The van der Waals surface area contributed by atoms with Crippen LogP contribution in [0, 0.1) is 0 Å². The van der Waals surface area contributed by atoms with Crippen molar-refractivity contribution in [3.05, 3.63) is 29.3 Å². The van der Waals surface area contributed by atoms with Gasteiger partial charge in [-0.2, -0.15) is 0 Å². The van der Waals surface area contributed by atoms with E-state index in [-0.39, 0.29) is 0 Å². The highest BCUT2D eigenvalue weighted by molar-refractivity contribution is 5.40. The Kier molecular flexibility index (Phi) is 3.27. The van der Waals surface area contributed by atoms with Crippen LogP contribution in [0.25, 0.3) is 0 Å². The number of rotatable bonds is 2. The number of nitrogens with zero attached hydrogens (tertiary/aromatic N) is 1. The highest BCUT2D eigenvalue weighted by Gasteiger charge is 2.35. The van der Waals surface area contributed by atoms with Crippen LogP contribution in [0.5, 0.6) is 5.75 Å². The summed E-state index contributed by atoms with van der Waals surface area (Å²) in [5.74, 6) is 0.392. The predicted molar refractivity (Wildman–Crippen MR) is 72.8 cm³/mol. The van der Waals surface area contributed by atoms with Gasteiger partial charge in [-0.1, -0.05) is 13.0 Å². The monoisotopic (exact) mass is 246 g/mol. The molecule has 0 aromatic heterocycles. The number of phenols is 1. The highest BCUT2D eigenvalue weighted by atomic mass is 16.3. The van der Waals surface area contributed by atoms with E-state index < -0.39 is 0 Å². The molecule has 0 bridgehead atoms. The van der Waals surface area contributed by atoms with E-state index in [0.29, 0.717) is 17.8 Å². The minimum absolute atomic E-state index is 0.392. The molecule has 0 radical (unpaired) electrons. The molecule has 1 heterocycles. The molecule has 0 spiro atoms. The molecule has 2 N–H and O–H groups in total. The lowest BCUT2D eigenvalue weighted by molar-refractivity contribution is 0.105. The number of aromatic hydroxyl groups is 1. The summed E-state index contributed by atoms with van der Waals surface area (Å²) in [6.07, 6.45) is 3.59. The summed E-state index contributed by atoms with van der Waals surface area (Å²) in [6.45, 7) is 5.65. The molecule has 1 aliphatic heterocycles. The number of benzene rings is 1. The molecule has 3 nitrogen and oxygen atoms in total. The van der Waals surface area contributed by atoms with E-state index in [1.807, 2.05) is 12.1 Å². The van der Waals surface area contributed by atoms with Gasteiger partial charge < -0.3 is 10.4 Å². The molecule has 1 aliphatic carbocycles. The molecule has 3 heteroatoms. The Morgan fingerprint density at radius 3 is 3.17 bits per heavy atom. The van der Waals surface area contributed by atoms with Crippen molar-refractivity contribution in [2.75, 3.05) is 19.6 Å². The first-order valence-corrected chi connectivity index (χ1v) is 7.09. The zero-order valence-corrected chi connectivity index (χ0v) is 11.0. The molecule has 0 saturated carbocycles. The first kappa shape index (κ1) is 12.0. The quantitative estimate of drug-likeness (QED) is 0.838. The van der Waals surface area contributed by atoms with Crippen LogP contribution in [0.2, 0.25) is 0 Å².